The highest BCUT2D eigenvalue weighted by atomic mass is 19.1. The summed E-state index contributed by atoms with van der Waals surface area (Å²) in [6.45, 7) is 3.85. The minimum absolute atomic E-state index is 0.195. The average molecular weight is 369 g/mol. The van der Waals surface area contributed by atoms with Gasteiger partial charge in [-0.2, -0.15) is 5.26 Å². The third-order valence-corrected chi connectivity index (χ3v) is 6.47. The molecule has 2 fully saturated rings. The molecule has 144 valence electrons. The molecule has 0 radical (unpaired) electrons. The Kier molecular flexibility index (Phi) is 6.83. The largest absolute Gasteiger partial charge is 0.205 e. The third-order valence-electron chi connectivity index (χ3n) is 6.47. The molecular formula is C24H29F2N. The second kappa shape index (κ2) is 9.31. The Bertz CT molecular complexity index is 691. The summed E-state index contributed by atoms with van der Waals surface area (Å²) < 4.78 is 27.7. The molecule has 1 aromatic carbocycles. The van der Waals surface area contributed by atoms with Crippen LogP contribution in [0.5, 0.6) is 0 Å². The molecule has 0 bridgehead atoms. The molecular weight excluding hydrogens is 340 g/mol. The van der Waals surface area contributed by atoms with Gasteiger partial charge in [0.1, 0.15) is 23.3 Å². The zero-order valence-corrected chi connectivity index (χ0v) is 16.0. The van der Waals surface area contributed by atoms with Gasteiger partial charge >= 0.3 is 0 Å². The Balaban J connectivity index is 1.49. The van der Waals surface area contributed by atoms with Crippen molar-refractivity contribution in [1.82, 2.24) is 0 Å². The van der Waals surface area contributed by atoms with E-state index in [4.69, 9.17) is 5.26 Å². The number of hydrogen-bond donors (Lipinski definition) is 0. The van der Waals surface area contributed by atoms with Crippen molar-refractivity contribution in [3.8, 4) is 6.07 Å². The number of rotatable bonds is 5. The molecule has 2 aliphatic carbocycles. The lowest BCUT2D eigenvalue weighted by atomic mass is 9.77. The van der Waals surface area contributed by atoms with Gasteiger partial charge in [-0.1, -0.05) is 18.2 Å². The van der Waals surface area contributed by atoms with Crippen LogP contribution in [0.1, 0.15) is 74.8 Å². The van der Waals surface area contributed by atoms with E-state index >= 15 is 0 Å². The zero-order valence-electron chi connectivity index (χ0n) is 16.0. The van der Waals surface area contributed by atoms with E-state index in [2.05, 4.69) is 18.7 Å². The van der Waals surface area contributed by atoms with Crippen molar-refractivity contribution in [2.24, 2.45) is 17.8 Å². The second-order valence-electron chi connectivity index (χ2n) is 8.27. The van der Waals surface area contributed by atoms with Gasteiger partial charge in [0.2, 0.25) is 0 Å². The van der Waals surface area contributed by atoms with E-state index < -0.39 is 17.2 Å². The lowest BCUT2D eigenvalue weighted by Gasteiger charge is -2.29. The zero-order chi connectivity index (χ0) is 19.2. The first-order chi connectivity index (χ1) is 13.1. The van der Waals surface area contributed by atoms with Crippen LogP contribution in [-0.4, -0.2) is 0 Å². The number of nitrogens with zero attached hydrogens (tertiary/aromatic N) is 1. The van der Waals surface area contributed by atoms with Crippen LogP contribution in [0.2, 0.25) is 0 Å². The predicted octanol–water partition coefficient (Wildman–Crippen LogP) is 7.05. The number of allylic oxidation sites excluding steroid dienone is 3. The van der Waals surface area contributed by atoms with Gasteiger partial charge in [-0.05, 0) is 99.2 Å². The van der Waals surface area contributed by atoms with Crippen LogP contribution in [0.4, 0.5) is 8.78 Å². The molecule has 3 rings (SSSR count). The van der Waals surface area contributed by atoms with Crippen molar-refractivity contribution in [1.29, 1.82) is 5.26 Å². The van der Waals surface area contributed by atoms with Gasteiger partial charge in [-0.15, -0.1) is 6.58 Å². The molecule has 2 saturated carbocycles. The molecule has 1 aromatic rings. The summed E-state index contributed by atoms with van der Waals surface area (Å²) in [6, 6.07) is 4.30. The van der Waals surface area contributed by atoms with Crippen LogP contribution >= 0.6 is 0 Å². The van der Waals surface area contributed by atoms with Crippen LogP contribution in [0.15, 0.2) is 36.9 Å². The highest BCUT2D eigenvalue weighted by Crippen LogP contribution is 2.38. The molecule has 0 aliphatic heterocycles. The standard InChI is InChI=1S/C24H29F2N/c1-2-3-17-4-6-18(7-5-17)8-9-19-10-12-20(13-11-19)21-14-23(25)22(16-27)24(26)15-21/h2,8-9,14-15,17-20H,1,3-7,10-13H2/b9-8+/t17-,18-,19?,20?. The van der Waals surface area contributed by atoms with Crippen LogP contribution < -0.4 is 0 Å². The minimum Gasteiger partial charge on any atom is -0.205 e. The monoisotopic (exact) mass is 369 g/mol. The molecule has 2 aliphatic rings. The Hall–Kier alpha value is -1.95. The molecule has 0 heterocycles. The summed E-state index contributed by atoms with van der Waals surface area (Å²) in [5, 5.41) is 8.80. The molecule has 1 nitrogen and oxygen atoms in total. The summed E-state index contributed by atoms with van der Waals surface area (Å²) in [6.07, 6.45) is 17.2. The third kappa shape index (κ3) is 5.06. The Labute approximate surface area is 161 Å². The SMILES string of the molecule is C=CC[C@H]1CC[C@H](/C=C/C2CCC(c3cc(F)c(C#N)c(F)c3)CC2)CC1. The van der Waals surface area contributed by atoms with Crippen molar-refractivity contribution < 1.29 is 8.78 Å². The Morgan fingerprint density at radius 2 is 1.44 bits per heavy atom. The summed E-state index contributed by atoms with van der Waals surface area (Å²) in [5.74, 6) is 0.852. The predicted molar refractivity (Wildman–Crippen MR) is 105 cm³/mol. The Morgan fingerprint density at radius 1 is 0.926 bits per heavy atom. The first-order valence-corrected chi connectivity index (χ1v) is 10.3. The molecule has 0 atom stereocenters. The highest BCUT2D eigenvalue weighted by molar-refractivity contribution is 5.36. The first-order valence-electron chi connectivity index (χ1n) is 10.3. The number of nitriles is 1. The van der Waals surface area contributed by atoms with E-state index in [1.165, 1.54) is 37.8 Å². The van der Waals surface area contributed by atoms with Crippen LogP contribution in [0.25, 0.3) is 0 Å². The lowest BCUT2D eigenvalue weighted by molar-refractivity contribution is 0.310. The molecule has 0 saturated heterocycles. The topological polar surface area (TPSA) is 23.8 Å². The van der Waals surface area contributed by atoms with E-state index in [-0.39, 0.29) is 5.92 Å². The van der Waals surface area contributed by atoms with E-state index in [0.29, 0.717) is 17.4 Å². The molecule has 27 heavy (non-hydrogen) atoms. The van der Waals surface area contributed by atoms with E-state index in [9.17, 15) is 8.78 Å². The van der Waals surface area contributed by atoms with Crippen LogP contribution in [0.3, 0.4) is 0 Å². The van der Waals surface area contributed by atoms with Gasteiger partial charge in [-0.3, -0.25) is 0 Å². The van der Waals surface area contributed by atoms with Gasteiger partial charge in [0.05, 0.1) is 0 Å². The number of hydrogen-bond acceptors (Lipinski definition) is 1. The van der Waals surface area contributed by atoms with Crippen molar-refractivity contribution in [2.75, 3.05) is 0 Å². The van der Waals surface area contributed by atoms with E-state index in [0.717, 1.165) is 38.0 Å². The maximum absolute atomic E-state index is 13.9. The minimum atomic E-state index is -0.735. The lowest BCUT2D eigenvalue weighted by Crippen LogP contribution is -2.14. The number of halogens is 2. The van der Waals surface area contributed by atoms with Gasteiger partial charge in [-0.25, -0.2) is 8.78 Å². The smallest absolute Gasteiger partial charge is 0.144 e. The average Bonchev–Trinajstić information content (AvgIpc) is 2.68. The van der Waals surface area contributed by atoms with Crippen LogP contribution in [0, 0.1) is 40.7 Å². The van der Waals surface area contributed by atoms with Gasteiger partial charge in [0.15, 0.2) is 0 Å². The fourth-order valence-corrected chi connectivity index (χ4v) is 4.75. The second-order valence-corrected chi connectivity index (χ2v) is 8.27. The highest BCUT2D eigenvalue weighted by Gasteiger charge is 2.24. The van der Waals surface area contributed by atoms with E-state index in [1.54, 1.807) is 6.07 Å². The van der Waals surface area contributed by atoms with Gasteiger partial charge < -0.3 is 0 Å². The normalized spacial score (nSPS) is 28.8. The molecule has 0 amide bonds. The van der Waals surface area contributed by atoms with E-state index in [1.807, 2.05) is 6.08 Å². The van der Waals surface area contributed by atoms with Crippen molar-refractivity contribution >= 4 is 0 Å². The molecule has 0 unspecified atom stereocenters. The molecule has 0 aromatic heterocycles. The maximum atomic E-state index is 13.9. The van der Waals surface area contributed by atoms with Gasteiger partial charge in [0, 0.05) is 0 Å². The quantitative estimate of drug-likeness (QED) is 0.510. The van der Waals surface area contributed by atoms with Crippen LogP contribution in [-0.2, 0) is 0 Å². The Morgan fingerprint density at radius 3 is 1.93 bits per heavy atom. The number of benzene rings is 1. The molecule has 3 heteroatoms. The van der Waals surface area contributed by atoms with Crippen molar-refractivity contribution in [2.45, 2.75) is 63.7 Å². The molecule has 0 N–H and O–H groups in total. The maximum Gasteiger partial charge on any atom is 0.144 e. The van der Waals surface area contributed by atoms with Crippen molar-refractivity contribution in [3.63, 3.8) is 0 Å². The van der Waals surface area contributed by atoms with Gasteiger partial charge in [0.25, 0.3) is 0 Å². The summed E-state index contributed by atoms with van der Waals surface area (Å²) in [5.41, 5.74) is 0.227. The fraction of sp³-hybridized carbons (Fsp3) is 0.542. The summed E-state index contributed by atoms with van der Waals surface area (Å²) in [4.78, 5) is 0. The summed E-state index contributed by atoms with van der Waals surface area (Å²) >= 11 is 0. The fourth-order valence-electron chi connectivity index (χ4n) is 4.75. The first kappa shape index (κ1) is 19.8. The summed E-state index contributed by atoms with van der Waals surface area (Å²) in [7, 11) is 0. The molecule has 0 spiro atoms. The van der Waals surface area contributed by atoms with Crippen molar-refractivity contribution in [3.05, 3.63) is 59.7 Å².